The average Bonchev–Trinajstić information content (AvgIpc) is 3.34. The second-order valence-corrected chi connectivity index (χ2v) is 12.9. The summed E-state index contributed by atoms with van der Waals surface area (Å²) < 4.78 is 13.7. The van der Waals surface area contributed by atoms with Crippen LogP contribution in [0.25, 0.3) is 10.9 Å². The molecule has 238 valence electrons. The van der Waals surface area contributed by atoms with Crippen LogP contribution < -0.4 is 21.7 Å². The minimum absolute atomic E-state index is 0.0639. The smallest absolute Gasteiger partial charge is 0.246 e. The lowest BCUT2D eigenvalue weighted by atomic mass is 9.78. The van der Waals surface area contributed by atoms with E-state index in [0.717, 1.165) is 27.7 Å². The van der Waals surface area contributed by atoms with Crippen LogP contribution in [0.2, 0.25) is 10.0 Å². The number of hydrogen-bond acceptors (Lipinski definition) is 4. The summed E-state index contributed by atoms with van der Waals surface area (Å²) in [7, 11) is 0. The van der Waals surface area contributed by atoms with E-state index in [0.29, 0.717) is 42.3 Å². The van der Waals surface area contributed by atoms with Gasteiger partial charge in [0.25, 0.3) is 0 Å². The lowest BCUT2D eigenvalue weighted by Gasteiger charge is -2.39. The number of aryl methyl sites for hydroxylation is 1. The quantitative estimate of drug-likeness (QED) is 0.174. The maximum Gasteiger partial charge on any atom is 0.246 e. The van der Waals surface area contributed by atoms with Crippen molar-refractivity contribution in [1.29, 1.82) is 0 Å². The largest absolute Gasteiger partial charge is 0.368 e. The molecule has 0 bridgehead atoms. The van der Waals surface area contributed by atoms with Gasteiger partial charge in [0.15, 0.2) is 0 Å². The van der Waals surface area contributed by atoms with E-state index < -0.39 is 29.4 Å². The Hall–Kier alpha value is -3.14. The van der Waals surface area contributed by atoms with Crippen LogP contribution in [-0.2, 0) is 33.6 Å². The van der Waals surface area contributed by atoms with Crippen LogP contribution in [0.5, 0.6) is 0 Å². The zero-order valence-electron chi connectivity index (χ0n) is 25.7. The lowest BCUT2D eigenvalue weighted by molar-refractivity contribution is -0.137. The average molecular weight is 647 g/mol. The number of rotatable bonds is 13. The summed E-state index contributed by atoms with van der Waals surface area (Å²) in [6, 6.07) is 8.32. The Bertz CT molecular complexity index is 1530. The molecule has 1 aliphatic carbocycles. The van der Waals surface area contributed by atoms with E-state index in [-0.39, 0.29) is 36.4 Å². The molecule has 3 aromatic rings. The molecule has 11 heteroatoms. The van der Waals surface area contributed by atoms with E-state index in [9.17, 15) is 18.8 Å². The normalized spacial score (nSPS) is 19.1. The molecule has 44 heavy (non-hydrogen) atoms. The fourth-order valence-corrected chi connectivity index (χ4v) is 6.54. The SMILES string of the molecule is CCC(C)[C@H](NC(=O)[C@@]1(NC(=O)[C@@H](NCCc2cccc(F)c2)C(C)CC)CCc2[nH]c3c(Cl)cc(Cl)cc3c2C1)C(N)=O. The molecule has 0 spiro atoms. The first kappa shape index (κ1) is 33.7. The van der Waals surface area contributed by atoms with Crippen molar-refractivity contribution in [3.8, 4) is 0 Å². The first-order chi connectivity index (χ1) is 20.9. The summed E-state index contributed by atoms with van der Waals surface area (Å²) in [4.78, 5) is 44.1. The molecule has 4 rings (SSSR count). The minimum atomic E-state index is -1.37. The number of nitrogens with two attached hydrogens (primary N) is 1. The van der Waals surface area contributed by atoms with Gasteiger partial charge in [-0.05, 0) is 73.0 Å². The fraction of sp³-hybridized carbons (Fsp3) is 0.485. The highest BCUT2D eigenvalue weighted by atomic mass is 35.5. The third kappa shape index (κ3) is 7.38. The number of nitrogens with one attached hydrogen (secondary N) is 4. The van der Waals surface area contributed by atoms with E-state index in [2.05, 4.69) is 20.9 Å². The van der Waals surface area contributed by atoms with Crippen molar-refractivity contribution in [2.24, 2.45) is 17.6 Å². The monoisotopic (exact) mass is 645 g/mol. The highest BCUT2D eigenvalue weighted by Gasteiger charge is 2.46. The molecule has 0 fully saturated rings. The molecule has 2 aromatic carbocycles. The second-order valence-electron chi connectivity index (χ2n) is 12.1. The zero-order chi connectivity index (χ0) is 32.2. The molecule has 1 aliphatic rings. The number of aromatic amines is 1. The zero-order valence-corrected chi connectivity index (χ0v) is 27.2. The van der Waals surface area contributed by atoms with Crippen LogP contribution in [-0.4, -0.2) is 46.9 Å². The molecule has 1 heterocycles. The standard InChI is InChI=1S/C33H42Cl2FN5O3/c1-5-18(3)27(30(37)42)40-32(44)33(12-10-26-24(17-33)23-15-21(34)16-25(35)29(23)39-26)41-31(43)28(19(4)6-2)38-13-11-20-8-7-9-22(36)14-20/h7-9,14-16,18-19,27-28,38-39H,5-6,10-13,17H2,1-4H3,(H2,37,42)(H,40,44)(H,41,43)/t18?,19?,27-,28-,33+/m0/s1. The molecule has 6 N–H and O–H groups in total. The Morgan fingerprint density at radius 1 is 1.07 bits per heavy atom. The van der Waals surface area contributed by atoms with Crippen molar-refractivity contribution < 1.29 is 18.8 Å². The van der Waals surface area contributed by atoms with Crippen LogP contribution in [0, 0.1) is 17.7 Å². The molecule has 0 saturated carbocycles. The van der Waals surface area contributed by atoms with Crippen LogP contribution in [0.1, 0.15) is 63.8 Å². The summed E-state index contributed by atoms with van der Waals surface area (Å²) in [5.41, 5.74) is 7.63. The van der Waals surface area contributed by atoms with Gasteiger partial charge in [0, 0.05) is 22.5 Å². The van der Waals surface area contributed by atoms with E-state index in [1.54, 1.807) is 18.2 Å². The van der Waals surface area contributed by atoms with Gasteiger partial charge in [0.05, 0.1) is 16.6 Å². The Morgan fingerprint density at radius 2 is 1.77 bits per heavy atom. The molecule has 0 aliphatic heterocycles. The third-order valence-corrected chi connectivity index (χ3v) is 9.58. The van der Waals surface area contributed by atoms with Gasteiger partial charge in [-0.25, -0.2) is 4.39 Å². The molecule has 0 saturated heterocycles. The number of hydrogen-bond donors (Lipinski definition) is 5. The highest BCUT2D eigenvalue weighted by Crippen LogP contribution is 2.38. The highest BCUT2D eigenvalue weighted by molar-refractivity contribution is 6.38. The summed E-state index contributed by atoms with van der Waals surface area (Å²) in [6.07, 6.45) is 2.78. The predicted octanol–water partition coefficient (Wildman–Crippen LogP) is 5.22. The number of amides is 3. The van der Waals surface area contributed by atoms with Crippen LogP contribution in [0.15, 0.2) is 36.4 Å². The Balaban J connectivity index is 1.67. The van der Waals surface area contributed by atoms with Gasteiger partial charge >= 0.3 is 0 Å². The van der Waals surface area contributed by atoms with E-state index in [1.165, 1.54) is 12.1 Å². The van der Waals surface area contributed by atoms with Crippen molar-refractivity contribution in [3.63, 3.8) is 0 Å². The summed E-state index contributed by atoms with van der Waals surface area (Å²) in [6.45, 7) is 8.18. The number of fused-ring (bicyclic) bond motifs is 3. The van der Waals surface area contributed by atoms with Crippen molar-refractivity contribution >= 4 is 51.8 Å². The molecular weight excluding hydrogens is 604 g/mol. The van der Waals surface area contributed by atoms with Crippen LogP contribution >= 0.6 is 23.2 Å². The second kappa shape index (κ2) is 14.3. The Morgan fingerprint density at radius 3 is 2.43 bits per heavy atom. The van der Waals surface area contributed by atoms with Gasteiger partial charge in [-0.1, -0.05) is 75.9 Å². The Kier molecular flexibility index (Phi) is 11.0. The number of H-pyrrole nitrogens is 1. The first-order valence-electron chi connectivity index (χ1n) is 15.3. The maximum absolute atomic E-state index is 14.2. The molecule has 2 unspecified atom stereocenters. The summed E-state index contributed by atoms with van der Waals surface area (Å²) in [5.74, 6) is -2.00. The number of benzene rings is 2. The first-order valence-corrected chi connectivity index (χ1v) is 16.0. The number of halogens is 3. The van der Waals surface area contributed by atoms with Crippen molar-refractivity contribution in [3.05, 3.63) is 69.1 Å². The molecule has 0 radical (unpaired) electrons. The van der Waals surface area contributed by atoms with Gasteiger partial charge in [-0.2, -0.15) is 0 Å². The fourth-order valence-electron chi connectivity index (χ4n) is 6.00. The van der Waals surface area contributed by atoms with E-state index in [4.69, 9.17) is 28.9 Å². The van der Waals surface area contributed by atoms with Gasteiger partial charge in [-0.3, -0.25) is 14.4 Å². The molecule has 3 amide bonds. The number of carbonyl (C=O) groups excluding carboxylic acids is 3. The molecule has 8 nitrogen and oxygen atoms in total. The van der Waals surface area contributed by atoms with Crippen LogP contribution in [0.3, 0.4) is 0 Å². The van der Waals surface area contributed by atoms with Crippen molar-refractivity contribution in [2.45, 2.75) is 83.8 Å². The predicted molar refractivity (Wildman–Crippen MR) is 173 cm³/mol. The maximum atomic E-state index is 14.2. The van der Waals surface area contributed by atoms with E-state index in [1.807, 2.05) is 33.8 Å². The number of aromatic nitrogens is 1. The van der Waals surface area contributed by atoms with Crippen LogP contribution in [0.4, 0.5) is 4.39 Å². The minimum Gasteiger partial charge on any atom is -0.368 e. The molecule has 1 aromatic heterocycles. The lowest BCUT2D eigenvalue weighted by Crippen LogP contribution is -2.67. The van der Waals surface area contributed by atoms with Crippen molar-refractivity contribution in [2.75, 3.05) is 6.54 Å². The summed E-state index contributed by atoms with van der Waals surface area (Å²) >= 11 is 12.9. The van der Waals surface area contributed by atoms with Gasteiger partial charge in [0.1, 0.15) is 17.4 Å². The van der Waals surface area contributed by atoms with Gasteiger partial charge in [0.2, 0.25) is 17.7 Å². The van der Waals surface area contributed by atoms with Gasteiger partial charge < -0.3 is 26.7 Å². The van der Waals surface area contributed by atoms with E-state index >= 15 is 0 Å². The molecule has 5 atom stereocenters. The van der Waals surface area contributed by atoms with Gasteiger partial charge in [-0.15, -0.1) is 0 Å². The Labute approximate surface area is 268 Å². The topological polar surface area (TPSA) is 129 Å². The number of carbonyl (C=O) groups is 3. The third-order valence-electron chi connectivity index (χ3n) is 9.07. The van der Waals surface area contributed by atoms with Crippen molar-refractivity contribution in [1.82, 2.24) is 20.9 Å². The number of primary amides is 1. The molecular formula is C33H42Cl2FN5O3. The summed E-state index contributed by atoms with van der Waals surface area (Å²) in [5, 5.41) is 11.1.